The lowest BCUT2D eigenvalue weighted by Crippen LogP contribution is -2.53. The van der Waals surface area contributed by atoms with E-state index in [4.69, 9.17) is 0 Å². The summed E-state index contributed by atoms with van der Waals surface area (Å²) >= 11 is 0. The molecule has 0 unspecified atom stereocenters. The molecule has 3 amide bonds. The van der Waals surface area contributed by atoms with Gasteiger partial charge in [-0.1, -0.05) is 70.9 Å². The average Bonchev–Trinajstić information content (AvgIpc) is 3.70. The zero-order valence-electron chi connectivity index (χ0n) is 28.6. The summed E-state index contributed by atoms with van der Waals surface area (Å²) in [6, 6.07) is 12.3. The molecule has 9 nitrogen and oxygen atoms in total. The number of methoxy groups -OCH3 is 1. The highest BCUT2D eigenvalue weighted by atomic mass is 16.5. The average molecular weight is 622 g/mol. The summed E-state index contributed by atoms with van der Waals surface area (Å²) in [5.74, 6) is 1.76. The number of aromatic nitrogens is 1. The zero-order chi connectivity index (χ0) is 33.1. The molecular weight excluding hydrogens is 566 g/mol. The van der Waals surface area contributed by atoms with Crippen LogP contribution >= 0.6 is 0 Å². The van der Waals surface area contributed by atoms with Crippen LogP contribution in [0.1, 0.15) is 79.2 Å². The van der Waals surface area contributed by atoms with Crippen molar-refractivity contribution in [2.24, 2.45) is 17.8 Å². The summed E-state index contributed by atoms with van der Waals surface area (Å²) in [5.41, 5.74) is 3.43. The second kappa shape index (κ2) is 17.2. The minimum Gasteiger partial charge on any atom is -0.453 e. The molecule has 2 saturated heterocycles. The lowest BCUT2D eigenvalue weighted by atomic mass is 9.92. The second-order valence-electron chi connectivity index (χ2n) is 13.1. The van der Waals surface area contributed by atoms with Gasteiger partial charge in [0.25, 0.3) is 0 Å². The van der Waals surface area contributed by atoms with Crippen molar-refractivity contribution < 1.29 is 19.1 Å². The van der Waals surface area contributed by atoms with E-state index in [0.29, 0.717) is 31.0 Å². The minimum absolute atomic E-state index is 0.0307. The van der Waals surface area contributed by atoms with Crippen LogP contribution in [0.25, 0.3) is 11.1 Å². The van der Waals surface area contributed by atoms with Gasteiger partial charge in [0.1, 0.15) is 11.9 Å². The van der Waals surface area contributed by atoms with Crippen LogP contribution < -0.4 is 10.6 Å². The first kappa shape index (κ1) is 35.9. The number of anilines is 1. The Balaban J connectivity index is 0.000000330. The van der Waals surface area contributed by atoms with Gasteiger partial charge in [-0.15, -0.1) is 0 Å². The normalized spacial score (nSPS) is 19.8. The molecule has 0 aliphatic carbocycles. The molecule has 5 atom stereocenters. The van der Waals surface area contributed by atoms with Crippen molar-refractivity contribution >= 4 is 23.7 Å². The number of alkyl carbamates (subject to hydrolysis) is 1. The Kier molecular flexibility index (Phi) is 13.7. The molecule has 2 fully saturated rings. The van der Waals surface area contributed by atoms with Crippen LogP contribution in [0.4, 0.5) is 10.6 Å². The number of amides is 3. The fourth-order valence-corrected chi connectivity index (χ4v) is 5.97. The molecule has 2 N–H and O–H groups in total. The molecule has 1 aromatic carbocycles. The van der Waals surface area contributed by atoms with E-state index in [1.807, 2.05) is 37.1 Å². The van der Waals surface area contributed by atoms with E-state index in [2.05, 4.69) is 84.1 Å². The van der Waals surface area contributed by atoms with Gasteiger partial charge in [0.15, 0.2) is 0 Å². The summed E-state index contributed by atoms with van der Waals surface area (Å²) in [5, 5.41) is 6.04. The maximum Gasteiger partial charge on any atom is 0.407 e. The minimum atomic E-state index is -0.597. The third kappa shape index (κ3) is 9.93. The van der Waals surface area contributed by atoms with E-state index in [0.717, 1.165) is 42.8 Å². The number of rotatable bonds is 10. The van der Waals surface area contributed by atoms with Crippen molar-refractivity contribution in [3.63, 3.8) is 0 Å². The van der Waals surface area contributed by atoms with E-state index in [1.54, 1.807) is 0 Å². The van der Waals surface area contributed by atoms with Crippen LogP contribution in [0.15, 0.2) is 42.6 Å². The molecule has 3 heterocycles. The van der Waals surface area contributed by atoms with Crippen molar-refractivity contribution in [3.8, 4) is 11.1 Å². The van der Waals surface area contributed by atoms with E-state index in [1.165, 1.54) is 25.5 Å². The van der Waals surface area contributed by atoms with Gasteiger partial charge >= 0.3 is 6.09 Å². The number of carbonyl (C=O) groups is 3. The second-order valence-corrected chi connectivity index (χ2v) is 13.1. The highest BCUT2D eigenvalue weighted by Crippen LogP contribution is 2.24. The predicted molar refractivity (Wildman–Crippen MR) is 181 cm³/mol. The highest BCUT2D eigenvalue weighted by Gasteiger charge is 2.35. The third-order valence-electron chi connectivity index (χ3n) is 9.44. The van der Waals surface area contributed by atoms with Crippen LogP contribution in [0.5, 0.6) is 0 Å². The van der Waals surface area contributed by atoms with Gasteiger partial charge in [0, 0.05) is 49.4 Å². The molecule has 2 aliphatic rings. The van der Waals surface area contributed by atoms with Crippen LogP contribution in [0.3, 0.4) is 0 Å². The standard InChI is InChI=1S/C24H32N4O3.C12H23NO/c1-16(2)22(27-24(30)31-4)23(29)28-13-5-6-20(28)15-26-21-12-11-19(14-25-21)18-9-7-17(3)8-10-18;1-5-9(2)11(4)12(14)13-8-6-7-10(13)3/h7-12,14,16,20,22H,5-6,13,15H2,1-4H3,(H,25,26)(H,27,30);9-11H,5-8H2,1-4H3/t20-,22-;9-,10+,11-/m00/s1. The van der Waals surface area contributed by atoms with Gasteiger partial charge in [-0.3, -0.25) is 9.59 Å². The van der Waals surface area contributed by atoms with Gasteiger partial charge in [-0.25, -0.2) is 9.78 Å². The van der Waals surface area contributed by atoms with Gasteiger partial charge in [0.2, 0.25) is 11.8 Å². The SMILES string of the molecule is CC[C@H](C)[C@H](C)C(=O)N1CCC[C@H]1C.COC(=O)N[C@H](C(=O)N1CCC[C@H]1CNc1ccc(-c2ccc(C)cc2)cn1)C(C)C. The molecule has 9 heteroatoms. The maximum absolute atomic E-state index is 13.1. The summed E-state index contributed by atoms with van der Waals surface area (Å²) < 4.78 is 4.68. The number of benzene rings is 1. The summed E-state index contributed by atoms with van der Waals surface area (Å²) in [6.45, 7) is 16.7. The summed E-state index contributed by atoms with van der Waals surface area (Å²) in [6.07, 6.45) is 6.59. The molecule has 4 rings (SSSR count). The number of nitrogens with one attached hydrogen (secondary N) is 2. The van der Waals surface area contributed by atoms with Gasteiger partial charge < -0.3 is 25.2 Å². The number of hydrogen-bond donors (Lipinski definition) is 2. The number of hydrogen-bond acceptors (Lipinski definition) is 6. The number of aryl methyl sites for hydroxylation is 1. The van der Waals surface area contributed by atoms with Gasteiger partial charge in [-0.05, 0) is 69.1 Å². The molecule has 0 saturated carbocycles. The van der Waals surface area contributed by atoms with Crippen LogP contribution in [-0.2, 0) is 14.3 Å². The van der Waals surface area contributed by atoms with Crippen LogP contribution in [-0.4, -0.2) is 77.6 Å². The number of nitrogens with zero attached hydrogens (tertiary/aromatic N) is 3. The molecule has 45 heavy (non-hydrogen) atoms. The molecule has 0 spiro atoms. The van der Waals surface area contributed by atoms with Crippen LogP contribution in [0, 0.1) is 24.7 Å². The zero-order valence-corrected chi connectivity index (χ0v) is 28.6. The maximum atomic E-state index is 13.1. The first-order valence-corrected chi connectivity index (χ1v) is 16.7. The quantitative estimate of drug-likeness (QED) is 0.313. The Labute approximate surface area is 270 Å². The lowest BCUT2D eigenvalue weighted by Gasteiger charge is -2.31. The largest absolute Gasteiger partial charge is 0.453 e. The fourth-order valence-electron chi connectivity index (χ4n) is 5.97. The van der Waals surface area contributed by atoms with E-state index >= 15 is 0 Å². The smallest absolute Gasteiger partial charge is 0.407 e. The molecule has 0 radical (unpaired) electrons. The number of pyridine rings is 1. The van der Waals surface area contributed by atoms with Crippen molar-refractivity contribution in [1.29, 1.82) is 0 Å². The molecule has 248 valence electrons. The highest BCUT2D eigenvalue weighted by molar-refractivity contribution is 5.86. The Morgan fingerprint density at radius 3 is 2.13 bits per heavy atom. The van der Waals surface area contributed by atoms with Crippen molar-refractivity contribution in [1.82, 2.24) is 20.1 Å². The number of carbonyl (C=O) groups excluding carboxylic acids is 3. The predicted octanol–water partition coefficient (Wildman–Crippen LogP) is 6.52. The number of ether oxygens (including phenoxy) is 1. The summed E-state index contributed by atoms with van der Waals surface area (Å²) in [7, 11) is 1.30. The first-order chi connectivity index (χ1) is 21.5. The van der Waals surface area contributed by atoms with Crippen LogP contribution in [0.2, 0.25) is 0 Å². The van der Waals surface area contributed by atoms with E-state index in [9.17, 15) is 14.4 Å². The Bertz CT molecular complexity index is 1230. The molecule has 1 aromatic heterocycles. The fraction of sp³-hybridized carbons (Fsp3) is 0.611. The summed E-state index contributed by atoms with van der Waals surface area (Å²) in [4.78, 5) is 45.3. The first-order valence-electron chi connectivity index (χ1n) is 16.7. The van der Waals surface area contributed by atoms with Crippen molar-refractivity contribution in [3.05, 3.63) is 48.2 Å². The molecular formula is C36H55N5O4. The molecule has 2 aliphatic heterocycles. The molecule has 0 bridgehead atoms. The lowest BCUT2D eigenvalue weighted by molar-refractivity contribution is -0.137. The van der Waals surface area contributed by atoms with E-state index in [-0.39, 0.29) is 23.8 Å². The van der Waals surface area contributed by atoms with Crippen molar-refractivity contribution in [2.75, 3.05) is 32.1 Å². The Hall–Kier alpha value is -3.62. The van der Waals surface area contributed by atoms with E-state index < -0.39 is 12.1 Å². The Morgan fingerprint density at radius 1 is 0.933 bits per heavy atom. The number of likely N-dealkylation sites (tertiary alicyclic amines) is 2. The van der Waals surface area contributed by atoms with Gasteiger partial charge in [-0.2, -0.15) is 0 Å². The monoisotopic (exact) mass is 621 g/mol. The topological polar surface area (TPSA) is 104 Å². The van der Waals surface area contributed by atoms with Gasteiger partial charge in [0.05, 0.1) is 7.11 Å². The Morgan fingerprint density at radius 2 is 1.58 bits per heavy atom. The van der Waals surface area contributed by atoms with Crippen molar-refractivity contribution in [2.45, 2.75) is 98.7 Å². The third-order valence-corrected chi connectivity index (χ3v) is 9.44. The molecule has 2 aromatic rings.